The van der Waals surface area contributed by atoms with Crippen LogP contribution in [0.3, 0.4) is 0 Å². The van der Waals surface area contributed by atoms with Crippen molar-refractivity contribution in [1.82, 2.24) is 10.2 Å². The summed E-state index contributed by atoms with van der Waals surface area (Å²) in [6, 6.07) is -1.13. The van der Waals surface area contributed by atoms with Gasteiger partial charge in [-0.25, -0.2) is 9.59 Å². The number of rotatable bonds is 5. The highest BCUT2D eigenvalue weighted by Gasteiger charge is 2.34. The summed E-state index contributed by atoms with van der Waals surface area (Å²) >= 11 is 0. The predicted octanol–water partition coefficient (Wildman–Crippen LogP) is 2.32. The molecule has 1 saturated carbocycles. The molecule has 110 valence electrons. The lowest BCUT2D eigenvalue weighted by Gasteiger charge is -2.34. The number of hydrogen-bond donors (Lipinski definition) is 2. The van der Waals surface area contributed by atoms with Crippen molar-refractivity contribution in [3.05, 3.63) is 0 Å². The van der Waals surface area contributed by atoms with Crippen molar-refractivity contribution in [2.45, 2.75) is 53.0 Å². The smallest absolute Gasteiger partial charge is 0.326 e. The van der Waals surface area contributed by atoms with Gasteiger partial charge in [0.25, 0.3) is 0 Å². The Labute approximate surface area is 115 Å². The second-order valence-corrected chi connectivity index (χ2v) is 6.42. The highest BCUT2D eigenvalue weighted by atomic mass is 16.4. The predicted molar refractivity (Wildman–Crippen MR) is 74.0 cm³/mol. The van der Waals surface area contributed by atoms with Gasteiger partial charge in [-0.15, -0.1) is 0 Å². The van der Waals surface area contributed by atoms with E-state index >= 15 is 0 Å². The quantitative estimate of drug-likeness (QED) is 0.805. The van der Waals surface area contributed by atoms with Gasteiger partial charge in [-0.3, -0.25) is 0 Å². The van der Waals surface area contributed by atoms with E-state index in [4.69, 9.17) is 0 Å². The number of carbonyl (C=O) groups is 2. The van der Waals surface area contributed by atoms with E-state index in [0.717, 1.165) is 6.54 Å². The van der Waals surface area contributed by atoms with E-state index in [2.05, 4.69) is 5.32 Å². The van der Waals surface area contributed by atoms with E-state index in [1.54, 1.807) is 4.90 Å². The van der Waals surface area contributed by atoms with Crippen molar-refractivity contribution in [3.63, 3.8) is 0 Å². The Morgan fingerprint density at radius 3 is 2.26 bits per heavy atom. The number of aliphatic carboxylic acids is 1. The minimum absolute atomic E-state index is 0.267. The maximum absolute atomic E-state index is 12.2. The van der Waals surface area contributed by atoms with Crippen LogP contribution in [0.5, 0.6) is 0 Å². The van der Waals surface area contributed by atoms with Crippen LogP contribution < -0.4 is 5.32 Å². The van der Waals surface area contributed by atoms with Crippen LogP contribution in [0.15, 0.2) is 0 Å². The molecule has 0 aromatic rings. The third-order valence-corrected chi connectivity index (χ3v) is 3.75. The Morgan fingerprint density at radius 2 is 1.95 bits per heavy atom. The first kappa shape index (κ1) is 15.8. The fraction of sp³-hybridized carbons (Fsp3) is 0.857. The minimum atomic E-state index is -0.986. The lowest BCUT2D eigenvalue weighted by Crippen LogP contribution is -2.54. The van der Waals surface area contributed by atoms with Gasteiger partial charge in [0, 0.05) is 13.1 Å². The zero-order valence-electron chi connectivity index (χ0n) is 12.4. The largest absolute Gasteiger partial charge is 0.480 e. The zero-order valence-corrected chi connectivity index (χ0v) is 12.4. The third-order valence-electron chi connectivity index (χ3n) is 3.75. The molecular formula is C14H26N2O3. The third kappa shape index (κ3) is 4.40. The van der Waals surface area contributed by atoms with Gasteiger partial charge in [0.05, 0.1) is 0 Å². The normalized spacial score (nSPS) is 17.5. The number of carbonyl (C=O) groups excluding carboxylic acids is 1. The summed E-state index contributed by atoms with van der Waals surface area (Å²) in [4.78, 5) is 25.1. The molecule has 1 fully saturated rings. The molecule has 0 aliphatic heterocycles. The number of carboxylic acids is 1. The molecule has 0 radical (unpaired) electrons. The van der Waals surface area contributed by atoms with Crippen molar-refractivity contribution in [3.8, 4) is 0 Å². The molecule has 1 atom stereocenters. The molecular weight excluding hydrogens is 244 g/mol. The first-order chi connectivity index (χ1) is 8.75. The molecule has 5 nitrogen and oxygen atoms in total. The summed E-state index contributed by atoms with van der Waals surface area (Å²) in [5.74, 6) is -0.399. The van der Waals surface area contributed by atoms with Crippen molar-refractivity contribution >= 4 is 12.0 Å². The standard InChI is InChI=1S/C14H26N2O3/c1-5-16(9-10-7-6-8-10)13(19)15-11(12(17)18)14(2,3)4/h10-11H,5-9H2,1-4H3,(H,15,19)(H,17,18). The van der Waals surface area contributed by atoms with Crippen LogP contribution in [0.4, 0.5) is 4.79 Å². The van der Waals surface area contributed by atoms with E-state index < -0.39 is 17.4 Å². The summed E-state index contributed by atoms with van der Waals surface area (Å²) in [6.07, 6.45) is 3.58. The molecule has 1 aliphatic carbocycles. The van der Waals surface area contributed by atoms with E-state index in [9.17, 15) is 14.7 Å². The molecule has 2 amide bonds. The monoisotopic (exact) mass is 270 g/mol. The molecule has 1 aliphatic rings. The van der Waals surface area contributed by atoms with Crippen LogP contribution in [-0.2, 0) is 4.79 Å². The van der Waals surface area contributed by atoms with Gasteiger partial charge in [0.1, 0.15) is 6.04 Å². The Bertz CT molecular complexity index is 332. The molecule has 1 rings (SSSR count). The van der Waals surface area contributed by atoms with E-state index in [1.807, 2.05) is 27.7 Å². The number of amides is 2. The number of carboxylic acid groups (broad SMARTS) is 1. The average molecular weight is 270 g/mol. The molecule has 0 aromatic heterocycles. The number of nitrogens with one attached hydrogen (secondary N) is 1. The maximum Gasteiger partial charge on any atom is 0.326 e. The Hall–Kier alpha value is -1.26. The molecule has 5 heteroatoms. The molecule has 0 saturated heterocycles. The van der Waals surface area contributed by atoms with Gasteiger partial charge in [-0.1, -0.05) is 27.2 Å². The molecule has 0 spiro atoms. The second kappa shape index (κ2) is 6.26. The molecule has 0 aromatic carbocycles. The van der Waals surface area contributed by atoms with Crippen LogP contribution in [0, 0.1) is 11.3 Å². The molecule has 0 bridgehead atoms. The first-order valence-corrected chi connectivity index (χ1v) is 7.04. The van der Waals surface area contributed by atoms with E-state index in [0.29, 0.717) is 12.5 Å². The topological polar surface area (TPSA) is 69.6 Å². The van der Waals surface area contributed by atoms with Gasteiger partial charge < -0.3 is 15.3 Å². The highest BCUT2D eigenvalue weighted by molar-refractivity contribution is 5.83. The van der Waals surface area contributed by atoms with Gasteiger partial charge in [-0.05, 0) is 31.1 Å². The molecule has 19 heavy (non-hydrogen) atoms. The van der Waals surface area contributed by atoms with Crippen LogP contribution in [-0.4, -0.2) is 41.1 Å². The van der Waals surface area contributed by atoms with Gasteiger partial charge in [-0.2, -0.15) is 0 Å². The van der Waals surface area contributed by atoms with E-state index in [1.165, 1.54) is 19.3 Å². The lowest BCUT2D eigenvalue weighted by molar-refractivity contribution is -0.142. The molecule has 1 unspecified atom stereocenters. The van der Waals surface area contributed by atoms with Crippen LogP contribution in [0.25, 0.3) is 0 Å². The summed E-state index contributed by atoms with van der Waals surface area (Å²) in [5.41, 5.74) is -0.503. The first-order valence-electron chi connectivity index (χ1n) is 7.04. The fourth-order valence-corrected chi connectivity index (χ4v) is 2.21. The number of urea groups is 1. The lowest BCUT2D eigenvalue weighted by atomic mass is 9.85. The van der Waals surface area contributed by atoms with Gasteiger partial charge in [0.15, 0.2) is 0 Å². The summed E-state index contributed by atoms with van der Waals surface area (Å²) in [5, 5.41) is 11.9. The van der Waals surface area contributed by atoms with Crippen molar-refractivity contribution < 1.29 is 14.7 Å². The number of hydrogen-bond acceptors (Lipinski definition) is 2. The van der Waals surface area contributed by atoms with E-state index in [-0.39, 0.29) is 6.03 Å². The van der Waals surface area contributed by atoms with Crippen molar-refractivity contribution in [2.75, 3.05) is 13.1 Å². The molecule has 0 heterocycles. The minimum Gasteiger partial charge on any atom is -0.480 e. The van der Waals surface area contributed by atoms with Gasteiger partial charge >= 0.3 is 12.0 Å². The van der Waals surface area contributed by atoms with Crippen LogP contribution in [0.1, 0.15) is 47.0 Å². The Morgan fingerprint density at radius 1 is 1.37 bits per heavy atom. The number of nitrogens with zero attached hydrogens (tertiary/aromatic N) is 1. The fourth-order valence-electron chi connectivity index (χ4n) is 2.21. The Kier molecular flexibility index (Phi) is 5.20. The summed E-state index contributed by atoms with van der Waals surface area (Å²) in [7, 11) is 0. The maximum atomic E-state index is 12.2. The van der Waals surface area contributed by atoms with Crippen LogP contribution >= 0.6 is 0 Å². The zero-order chi connectivity index (χ0) is 14.6. The van der Waals surface area contributed by atoms with Crippen molar-refractivity contribution in [1.29, 1.82) is 0 Å². The molecule has 2 N–H and O–H groups in total. The second-order valence-electron chi connectivity index (χ2n) is 6.42. The average Bonchev–Trinajstić information content (AvgIpc) is 2.22. The Balaban J connectivity index is 2.60. The SMILES string of the molecule is CCN(CC1CCC1)C(=O)NC(C(=O)O)C(C)(C)C. The van der Waals surface area contributed by atoms with Crippen molar-refractivity contribution in [2.24, 2.45) is 11.3 Å². The summed E-state index contributed by atoms with van der Waals surface area (Å²) in [6.45, 7) is 8.71. The summed E-state index contributed by atoms with van der Waals surface area (Å²) < 4.78 is 0. The van der Waals surface area contributed by atoms with Crippen LogP contribution in [0.2, 0.25) is 0 Å². The highest BCUT2D eigenvalue weighted by Crippen LogP contribution is 2.27. The van der Waals surface area contributed by atoms with Gasteiger partial charge in [0.2, 0.25) is 0 Å².